The zero-order chi connectivity index (χ0) is 18.3. The van der Waals surface area contributed by atoms with Crippen LogP contribution < -0.4 is 15.5 Å². The SMILES string of the molecule is CCCCNCC(=O)Nc1cc(C(F)(F)F)ccc1N1CCOCC1. The van der Waals surface area contributed by atoms with E-state index in [4.69, 9.17) is 4.74 Å². The van der Waals surface area contributed by atoms with Crippen LogP contribution in [0.25, 0.3) is 0 Å². The molecule has 1 aromatic carbocycles. The van der Waals surface area contributed by atoms with Gasteiger partial charge in [-0.05, 0) is 31.2 Å². The molecule has 0 saturated carbocycles. The van der Waals surface area contributed by atoms with Crippen molar-refractivity contribution in [2.75, 3.05) is 49.6 Å². The predicted octanol–water partition coefficient (Wildman–Crippen LogP) is 2.87. The van der Waals surface area contributed by atoms with Gasteiger partial charge in [0.25, 0.3) is 0 Å². The van der Waals surface area contributed by atoms with Gasteiger partial charge in [0.1, 0.15) is 0 Å². The maximum absolute atomic E-state index is 13.0. The monoisotopic (exact) mass is 359 g/mol. The smallest absolute Gasteiger partial charge is 0.378 e. The summed E-state index contributed by atoms with van der Waals surface area (Å²) in [5, 5.41) is 5.60. The zero-order valence-corrected chi connectivity index (χ0v) is 14.3. The number of nitrogens with zero attached hydrogens (tertiary/aromatic N) is 1. The number of halogens is 3. The van der Waals surface area contributed by atoms with E-state index in [1.807, 2.05) is 11.8 Å². The highest BCUT2D eigenvalue weighted by molar-refractivity contribution is 5.95. The Kier molecular flexibility index (Phi) is 7.07. The minimum Gasteiger partial charge on any atom is -0.378 e. The molecule has 2 rings (SSSR count). The van der Waals surface area contributed by atoms with Crippen molar-refractivity contribution in [2.24, 2.45) is 0 Å². The summed E-state index contributed by atoms with van der Waals surface area (Å²) in [4.78, 5) is 14.0. The Morgan fingerprint density at radius 1 is 1.28 bits per heavy atom. The van der Waals surface area contributed by atoms with E-state index < -0.39 is 11.7 Å². The van der Waals surface area contributed by atoms with Crippen LogP contribution in [0, 0.1) is 0 Å². The van der Waals surface area contributed by atoms with Gasteiger partial charge in [0.2, 0.25) is 5.91 Å². The molecule has 0 aliphatic carbocycles. The Morgan fingerprint density at radius 3 is 2.64 bits per heavy atom. The summed E-state index contributed by atoms with van der Waals surface area (Å²) in [7, 11) is 0. The minimum atomic E-state index is -4.46. The highest BCUT2D eigenvalue weighted by Crippen LogP contribution is 2.35. The predicted molar refractivity (Wildman–Crippen MR) is 90.9 cm³/mol. The number of ether oxygens (including phenoxy) is 1. The Balaban J connectivity index is 2.14. The average molecular weight is 359 g/mol. The number of carbonyl (C=O) groups is 1. The molecule has 0 unspecified atom stereocenters. The third kappa shape index (κ3) is 5.89. The number of unbranched alkanes of at least 4 members (excludes halogenated alkanes) is 1. The van der Waals surface area contributed by atoms with E-state index in [2.05, 4.69) is 10.6 Å². The van der Waals surface area contributed by atoms with E-state index >= 15 is 0 Å². The fourth-order valence-corrected chi connectivity index (χ4v) is 2.59. The highest BCUT2D eigenvalue weighted by Gasteiger charge is 2.31. The topological polar surface area (TPSA) is 53.6 Å². The van der Waals surface area contributed by atoms with E-state index in [9.17, 15) is 18.0 Å². The van der Waals surface area contributed by atoms with Crippen LogP contribution in [0.1, 0.15) is 25.3 Å². The summed E-state index contributed by atoms with van der Waals surface area (Å²) in [5.41, 5.74) is -0.0176. The summed E-state index contributed by atoms with van der Waals surface area (Å²) >= 11 is 0. The van der Waals surface area contributed by atoms with Gasteiger partial charge >= 0.3 is 6.18 Å². The molecule has 0 atom stereocenters. The third-order valence-corrected chi connectivity index (χ3v) is 3.94. The number of amides is 1. The molecule has 25 heavy (non-hydrogen) atoms. The van der Waals surface area contributed by atoms with Crippen LogP contribution in [0.5, 0.6) is 0 Å². The molecule has 1 aromatic rings. The molecule has 0 radical (unpaired) electrons. The Morgan fingerprint density at radius 2 is 2.00 bits per heavy atom. The lowest BCUT2D eigenvalue weighted by atomic mass is 10.1. The van der Waals surface area contributed by atoms with Crippen LogP contribution in [0.15, 0.2) is 18.2 Å². The number of anilines is 2. The standard InChI is InChI=1S/C17H24F3N3O2/c1-2-3-6-21-12-16(24)22-14-11-13(17(18,19)20)4-5-15(14)23-7-9-25-10-8-23/h4-5,11,21H,2-3,6-10,12H2,1H3,(H,22,24). The molecule has 1 amide bonds. The summed E-state index contributed by atoms with van der Waals surface area (Å²) in [6.45, 7) is 4.96. The highest BCUT2D eigenvalue weighted by atomic mass is 19.4. The molecule has 8 heteroatoms. The molecule has 2 N–H and O–H groups in total. The maximum Gasteiger partial charge on any atom is 0.416 e. The lowest BCUT2D eigenvalue weighted by Gasteiger charge is -2.31. The van der Waals surface area contributed by atoms with Crippen molar-refractivity contribution in [3.05, 3.63) is 23.8 Å². The van der Waals surface area contributed by atoms with E-state index in [1.165, 1.54) is 6.07 Å². The summed E-state index contributed by atoms with van der Waals surface area (Å²) < 4.78 is 44.3. The van der Waals surface area contributed by atoms with Gasteiger partial charge in [0.05, 0.1) is 36.7 Å². The van der Waals surface area contributed by atoms with Crippen LogP contribution >= 0.6 is 0 Å². The van der Waals surface area contributed by atoms with Gasteiger partial charge in [0, 0.05) is 13.1 Å². The zero-order valence-electron chi connectivity index (χ0n) is 14.3. The molecule has 1 aliphatic rings. The first-order valence-electron chi connectivity index (χ1n) is 8.46. The molecule has 1 aliphatic heterocycles. The van der Waals surface area contributed by atoms with Gasteiger partial charge in [-0.2, -0.15) is 13.2 Å². The fourth-order valence-electron chi connectivity index (χ4n) is 2.59. The lowest BCUT2D eigenvalue weighted by Crippen LogP contribution is -2.37. The molecule has 0 spiro atoms. The number of nitrogens with one attached hydrogen (secondary N) is 2. The molecule has 0 aromatic heterocycles. The van der Waals surface area contributed by atoms with Crippen LogP contribution in [0.2, 0.25) is 0 Å². The first-order valence-corrected chi connectivity index (χ1v) is 8.46. The van der Waals surface area contributed by atoms with Crippen LogP contribution in [0.3, 0.4) is 0 Å². The van der Waals surface area contributed by atoms with Crippen LogP contribution in [-0.4, -0.2) is 45.3 Å². The Hall–Kier alpha value is -1.80. The normalized spacial score (nSPS) is 15.3. The average Bonchev–Trinajstić information content (AvgIpc) is 2.59. The number of morpholine rings is 1. The number of rotatable bonds is 7. The van der Waals surface area contributed by atoms with Crippen molar-refractivity contribution in [2.45, 2.75) is 25.9 Å². The first-order chi connectivity index (χ1) is 11.9. The van der Waals surface area contributed by atoms with Crippen LogP contribution in [-0.2, 0) is 15.7 Å². The van der Waals surface area contributed by atoms with Crippen molar-refractivity contribution in [3.63, 3.8) is 0 Å². The van der Waals surface area contributed by atoms with Gasteiger partial charge < -0.3 is 20.3 Å². The molecule has 1 saturated heterocycles. The van der Waals surface area contributed by atoms with Crippen molar-refractivity contribution in [3.8, 4) is 0 Å². The molecule has 0 bridgehead atoms. The summed E-state index contributed by atoms with van der Waals surface area (Å²) in [6, 6.07) is 3.45. The second-order valence-corrected chi connectivity index (χ2v) is 5.91. The molecular weight excluding hydrogens is 335 g/mol. The molecule has 1 fully saturated rings. The second-order valence-electron chi connectivity index (χ2n) is 5.91. The Labute approximate surface area is 145 Å². The molecule has 140 valence electrons. The van der Waals surface area contributed by atoms with E-state index in [0.29, 0.717) is 38.5 Å². The van der Waals surface area contributed by atoms with Gasteiger partial charge in [-0.3, -0.25) is 4.79 Å². The minimum absolute atomic E-state index is 0.0683. The van der Waals surface area contributed by atoms with E-state index in [-0.39, 0.29) is 18.1 Å². The number of hydrogen-bond donors (Lipinski definition) is 2. The molecule has 5 nitrogen and oxygen atoms in total. The maximum atomic E-state index is 13.0. The fraction of sp³-hybridized carbons (Fsp3) is 0.588. The van der Waals surface area contributed by atoms with Crippen molar-refractivity contribution >= 4 is 17.3 Å². The largest absolute Gasteiger partial charge is 0.416 e. The van der Waals surface area contributed by atoms with Gasteiger partial charge in [-0.15, -0.1) is 0 Å². The summed E-state index contributed by atoms with van der Waals surface area (Å²) in [6.07, 6.45) is -2.51. The van der Waals surface area contributed by atoms with Gasteiger partial charge in [-0.1, -0.05) is 13.3 Å². The van der Waals surface area contributed by atoms with E-state index in [1.54, 1.807) is 0 Å². The third-order valence-electron chi connectivity index (χ3n) is 3.94. The van der Waals surface area contributed by atoms with Crippen LogP contribution in [0.4, 0.5) is 24.5 Å². The quantitative estimate of drug-likeness (QED) is 0.735. The lowest BCUT2D eigenvalue weighted by molar-refractivity contribution is -0.137. The molecular formula is C17H24F3N3O2. The number of carbonyl (C=O) groups excluding carboxylic acids is 1. The second kappa shape index (κ2) is 9.05. The summed E-state index contributed by atoms with van der Waals surface area (Å²) in [5.74, 6) is -0.357. The van der Waals surface area contributed by atoms with Crippen molar-refractivity contribution in [1.82, 2.24) is 5.32 Å². The van der Waals surface area contributed by atoms with E-state index in [0.717, 1.165) is 25.0 Å². The number of benzene rings is 1. The van der Waals surface area contributed by atoms with Gasteiger partial charge in [0.15, 0.2) is 0 Å². The van der Waals surface area contributed by atoms with Crippen molar-refractivity contribution < 1.29 is 22.7 Å². The van der Waals surface area contributed by atoms with Gasteiger partial charge in [-0.25, -0.2) is 0 Å². The van der Waals surface area contributed by atoms with Crippen molar-refractivity contribution in [1.29, 1.82) is 0 Å². The first kappa shape index (κ1) is 19.5. The number of hydrogen-bond acceptors (Lipinski definition) is 4. The number of alkyl halides is 3. The Bertz CT molecular complexity index is 573. The molecule has 1 heterocycles.